The molecule has 23 heavy (non-hydrogen) atoms. The van der Waals surface area contributed by atoms with Crippen LogP contribution in [0.2, 0.25) is 0 Å². The second kappa shape index (κ2) is 7.33. The van der Waals surface area contributed by atoms with Gasteiger partial charge in [0.25, 0.3) is 0 Å². The minimum atomic E-state index is -0.122. The standard InChI is InChI=1S/C18H23N3O2/c1-15(18(22)19-14-17-8-5-13-23-17)20-9-11-21(12-10-20)16-6-3-2-4-7-16/h2-8,13,15H,9-12,14H2,1H3,(H,19,22). The number of carbonyl (C=O) groups is 1. The van der Waals surface area contributed by atoms with Crippen molar-refractivity contribution in [1.29, 1.82) is 0 Å². The molecule has 0 bridgehead atoms. The number of hydrogen-bond donors (Lipinski definition) is 1. The van der Waals surface area contributed by atoms with Crippen LogP contribution in [0.25, 0.3) is 0 Å². The molecule has 1 aromatic carbocycles. The highest BCUT2D eigenvalue weighted by atomic mass is 16.3. The molecule has 5 heteroatoms. The van der Waals surface area contributed by atoms with Gasteiger partial charge in [-0.2, -0.15) is 0 Å². The van der Waals surface area contributed by atoms with Gasteiger partial charge in [0.1, 0.15) is 5.76 Å². The van der Waals surface area contributed by atoms with E-state index in [2.05, 4.69) is 39.4 Å². The van der Waals surface area contributed by atoms with E-state index in [0.717, 1.165) is 31.9 Å². The van der Waals surface area contributed by atoms with Crippen molar-refractivity contribution in [3.63, 3.8) is 0 Å². The number of benzene rings is 1. The van der Waals surface area contributed by atoms with Crippen molar-refractivity contribution in [2.45, 2.75) is 19.5 Å². The second-order valence-corrected chi connectivity index (χ2v) is 5.83. The Bertz CT molecular complexity index is 604. The number of rotatable bonds is 5. The lowest BCUT2D eigenvalue weighted by molar-refractivity contribution is -0.126. The van der Waals surface area contributed by atoms with Gasteiger partial charge in [0.2, 0.25) is 5.91 Å². The number of nitrogens with one attached hydrogen (secondary N) is 1. The summed E-state index contributed by atoms with van der Waals surface area (Å²) in [6.07, 6.45) is 1.62. The average molecular weight is 313 g/mol. The SMILES string of the molecule is CC(C(=O)NCc1ccco1)N1CCN(c2ccccc2)CC1. The van der Waals surface area contributed by atoms with E-state index in [1.54, 1.807) is 6.26 Å². The summed E-state index contributed by atoms with van der Waals surface area (Å²) in [4.78, 5) is 16.9. The number of nitrogens with zero attached hydrogens (tertiary/aromatic N) is 2. The van der Waals surface area contributed by atoms with Gasteiger partial charge in [0.15, 0.2) is 0 Å². The maximum absolute atomic E-state index is 12.3. The quantitative estimate of drug-likeness (QED) is 0.918. The summed E-state index contributed by atoms with van der Waals surface area (Å²) < 4.78 is 5.24. The van der Waals surface area contributed by atoms with Gasteiger partial charge in [-0.1, -0.05) is 18.2 Å². The maximum atomic E-state index is 12.3. The normalized spacial score (nSPS) is 17.0. The van der Waals surface area contributed by atoms with Crippen molar-refractivity contribution in [3.05, 3.63) is 54.5 Å². The molecule has 1 unspecified atom stereocenters. The lowest BCUT2D eigenvalue weighted by atomic mass is 10.2. The summed E-state index contributed by atoms with van der Waals surface area (Å²) in [5.74, 6) is 0.828. The first-order valence-electron chi connectivity index (χ1n) is 8.08. The predicted molar refractivity (Wildman–Crippen MR) is 90.2 cm³/mol. The van der Waals surface area contributed by atoms with Crippen LogP contribution in [0.4, 0.5) is 5.69 Å². The molecule has 1 saturated heterocycles. The zero-order chi connectivity index (χ0) is 16.1. The summed E-state index contributed by atoms with van der Waals surface area (Å²) in [5, 5.41) is 2.94. The van der Waals surface area contributed by atoms with E-state index in [1.165, 1.54) is 5.69 Å². The molecule has 1 aromatic heterocycles. The van der Waals surface area contributed by atoms with Crippen molar-refractivity contribution in [3.8, 4) is 0 Å². The van der Waals surface area contributed by atoms with Crippen molar-refractivity contribution < 1.29 is 9.21 Å². The van der Waals surface area contributed by atoms with Gasteiger partial charge in [-0.3, -0.25) is 9.69 Å². The van der Waals surface area contributed by atoms with Crippen molar-refractivity contribution in [2.75, 3.05) is 31.1 Å². The van der Waals surface area contributed by atoms with E-state index < -0.39 is 0 Å². The Morgan fingerprint density at radius 3 is 2.52 bits per heavy atom. The first-order chi connectivity index (χ1) is 11.2. The van der Waals surface area contributed by atoms with Crippen LogP contribution >= 0.6 is 0 Å². The molecule has 0 aliphatic carbocycles. The smallest absolute Gasteiger partial charge is 0.237 e. The largest absolute Gasteiger partial charge is 0.467 e. The van der Waals surface area contributed by atoms with Crippen LogP contribution in [0.15, 0.2) is 53.1 Å². The minimum Gasteiger partial charge on any atom is -0.467 e. The van der Waals surface area contributed by atoms with Gasteiger partial charge in [-0.15, -0.1) is 0 Å². The number of hydrogen-bond acceptors (Lipinski definition) is 4. The summed E-state index contributed by atoms with van der Waals surface area (Å²) >= 11 is 0. The fourth-order valence-electron chi connectivity index (χ4n) is 2.91. The number of furan rings is 1. The van der Waals surface area contributed by atoms with E-state index >= 15 is 0 Å². The third kappa shape index (κ3) is 3.93. The van der Waals surface area contributed by atoms with Crippen LogP contribution in [0.1, 0.15) is 12.7 Å². The van der Waals surface area contributed by atoms with Gasteiger partial charge in [0.05, 0.1) is 18.8 Å². The molecule has 0 spiro atoms. The summed E-state index contributed by atoms with van der Waals surface area (Å²) in [5.41, 5.74) is 1.25. The third-order valence-corrected chi connectivity index (χ3v) is 4.38. The molecule has 0 radical (unpaired) electrons. The summed E-state index contributed by atoms with van der Waals surface area (Å²) in [6, 6.07) is 14.0. The molecule has 3 rings (SSSR count). The van der Waals surface area contributed by atoms with Gasteiger partial charge in [-0.25, -0.2) is 0 Å². The Morgan fingerprint density at radius 2 is 1.87 bits per heavy atom. The number of anilines is 1. The molecular formula is C18H23N3O2. The van der Waals surface area contributed by atoms with Crippen molar-refractivity contribution in [2.24, 2.45) is 0 Å². The molecule has 1 aliphatic heterocycles. The molecule has 0 saturated carbocycles. The van der Waals surface area contributed by atoms with Crippen LogP contribution in [0.5, 0.6) is 0 Å². The number of amides is 1. The lowest BCUT2D eigenvalue weighted by Gasteiger charge is -2.38. The van der Waals surface area contributed by atoms with E-state index in [4.69, 9.17) is 4.42 Å². The lowest BCUT2D eigenvalue weighted by Crippen LogP contribution is -2.53. The summed E-state index contributed by atoms with van der Waals surface area (Å²) in [7, 11) is 0. The molecule has 1 fully saturated rings. The van der Waals surface area contributed by atoms with Gasteiger partial charge in [0, 0.05) is 31.9 Å². The average Bonchev–Trinajstić information content (AvgIpc) is 3.13. The number of carbonyl (C=O) groups excluding carboxylic acids is 1. The van der Waals surface area contributed by atoms with Gasteiger partial charge >= 0.3 is 0 Å². The van der Waals surface area contributed by atoms with Crippen molar-refractivity contribution in [1.82, 2.24) is 10.2 Å². The molecule has 1 atom stereocenters. The minimum absolute atomic E-state index is 0.0505. The molecule has 2 heterocycles. The Morgan fingerprint density at radius 1 is 1.13 bits per heavy atom. The molecule has 2 aromatic rings. The highest BCUT2D eigenvalue weighted by Crippen LogP contribution is 2.16. The van der Waals surface area contributed by atoms with Gasteiger partial charge < -0.3 is 14.6 Å². The highest BCUT2D eigenvalue weighted by Gasteiger charge is 2.25. The molecule has 122 valence electrons. The van der Waals surface area contributed by atoms with Crippen LogP contribution in [0, 0.1) is 0 Å². The van der Waals surface area contributed by atoms with Crippen molar-refractivity contribution >= 4 is 11.6 Å². The zero-order valence-electron chi connectivity index (χ0n) is 13.4. The van der Waals surface area contributed by atoms with Crippen LogP contribution in [-0.2, 0) is 11.3 Å². The monoisotopic (exact) mass is 313 g/mol. The first-order valence-corrected chi connectivity index (χ1v) is 8.08. The third-order valence-electron chi connectivity index (χ3n) is 4.38. The Balaban J connectivity index is 1.47. The number of para-hydroxylation sites is 1. The zero-order valence-corrected chi connectivity index (χ0v) is 13.4. The van der Waals surface area contributed by atoms with Crippen LogP contribution < -0.4 is 10.2 Å². The fraction of sp³-hybridized carbons (Fsp3) is 0.389. The Kier molecular flexibility index (Phi) is 4.98. The number of piperazine rings is 1. The first kappa shape index (κ1) is 15.6. The van der Waals surface area contributed by atoms with E-state index in [0.29, 0.717) is 6.54 Å². The molecular weight excluding hydrogens is 290 g/mol. The summed E-state index contributed by atoms with van der Waals surface area (Å²) in [6.45, 7) is 6.09. The van der Waals surface area contributed by atoms with Gasteiger partial charge in [-0.05, 0) is 31.2 Å². The molecule has 1 N–H and O–H groups in total. The van der Waals surface area contributed by atoms with E-state index in [9.17, 15) is 4.79 Å². The van der Waals surface area contributed by atoms with E-state index in [1.807, 2.05) is 25.1 Å². The highest BCUT2D eigenvalue weighted by molar-refractivity contribution is 5.81. The van der Waals surface area contributed by atoms with E-state index in [-0.39, 0.29) is 11.9 Å². The van der Waals surface area contributed by atoms with Crippen LogP contribution in [0.3, 0.4) is 0 Å². The predicted octanol–water partition coefficient (Wildman–Crippen LogP) is 2.11. The molecule has 1 amide bonds. The fourth-order valence-corrected chi connectivity index (χ4v) is 2.91. The topological polar surface area (TPSA) is 48.7 Å². The maximum Gasteiger partial charge on any atom is 0.237 e. The molecule has 1 aliphatic rings. The van der Waals surface area contributed by atoms with Crippen LogP contribution in [-0.4, -0.2) is 43.0 Å². The Hall–Kier alpha value is -2.27. The second-order valence-electron chi connectivity index (χ2n) is 5.83. The Labute approximate surface area is 136 Å². The molecule has 5 nitrogen and oxygen atoms in total.